The van der Waals surface area contributed by atoms with Crippen LogP contribution in [0.25, 0.3) is 40.0 Å². The summed E-state index contributed by atoms with van der Waals surface area (Å²) in [5, 5.41) is 3.79. The van der Waals surface area contributed by atoms with Gasteiger partial charge in [-0.25, -0.2) is 4.98 Å². The summed E-state index contributed by atoms with van der Waals surface area (Å²) in [5.41, 5.74) is 5.79. The normalized spacial score (nSPS) is 11.6. The molecule has 186 valence electrons. The van der Waals surface area contributed by atoms with Crippen LogP contribution in [0.1, 0.15) is 36.7 Å². The number of halogens is 2. The van der Waals surface area contributed by atoms with Crippen LogP contribution in [0.2, 0.25) is 10.0 Å². The first-order valence-electron chi connectivity index (χ1n) is 11.8. The number of nitrogens with one attached hydrogen (secondary N) is 1. The summed E-state index contributed by atoms with van der Waals surface area (Å²) in [7, 11) is 0. The molecule has 0 aliphatic heterocycles. The molecule has 2 aromatic heterocycles. The first-order valence-corrected chi connectivity index (χ1v) is 12.6. The number of fused-ring (bicyclic) bond motifs is 1. The number of aryl methyl sites for hydroxylation is 1. The van der Waals surface area contributed by atoms with Crippen LogP contribution in [0.15, 0.2) is 81.6 Å². The van der Waals surface area contributed by atoms with E-state index < -0.39 is 0 Å². The highest BCUT2D eigenvalue weighted by Gasteiger charge is 2.13. The zero-order valence-corrected chi connectivity index (χ0v) is 22.0. The highest BCUT2D eigenvalue weighted by Crippen LogP contribution is 2.34. The molecule has 0 aliphatic rings. The molecule has 0 saturated heterocycles. The van der Waals surface area contributed by atoms with Gasteiger partial charge >= 0.3 is 0 Å². The lowest BCUT2D eigenvalue weighted by atomic mass is 10.0. The van der Waals surface area contributed by atoms with E-state index in [-0.39, 0.29) is 5.91 Å². The minimum Gasteiger partial charge on any atom is -0.457 e. The number of carbonyl (C=O) groups is 1. The van der Waals surface area contributed by atoms with Gasteiger partial charge in [-0.2, -0.15) is 0 Å². The van der Waals surface area contributed by atoms with Crippen molar-refractivity contribution < 1.29 is 13.6 Å². The van der Waals surface area contributed by atoms with Crippen molar-refractivity contribution in [1.82, 2.24) is 4.98 Å². The van der Waals surface area contributed by atoms with Crippen molar-refractivity contribution >= 4 is 52.0 Å². The van der Waals surface area contributed by atoms with Crippen LogP contribution < -0.4 is 5.32 Å². The Morgan fingerprint density at radius 3 is 2.65 bits per heavy atom. The summed E-state index contributed by atoms with van der Waals surface area (Å²) in [6.07, 6.45) is 3.02. The minimum atomic E-state index is -0.293. The van der Waals surface area contributed by atoms with E-state index in [1.165, 1.54) is 11.6 Å². The molecule has 1 amide bonds. The molecule has 0 aliphatic carbocycles. The summed E-state index contributed by atoms with van der Waals surface area (Å²) in [6, 6.07) is 20.7. The number of amides is 1. The van der Waals surface area contributed by atoms with Crippen LogP contribution in [0.3, 0.4) is 0 Å². The number of aromatic nitrogens is 1. The number of carbonyl (C=O) groups excluding carboxylic acids is 1. The monoisotopic (exact) mass is 530 g/mol. The highest BCUT2D eigenvalue weighted by atomic mass is 35.5. The number of benzene rings is 3. The summed E-state index contributed by atoms with van der Waals surface area (Å²) in [4.78, 5) is 17.4. The number of oxazole rings is 1. The van der Waals surface area contributed by atoms with Gasteiger partial charge in [0.25, 0.3) is 0 Å². The molecule has 2 heterocycles. The molecular formula is C30H24Cl2N2O3. The largest absolute Gasteiger partial charge is 0.457 e. The third kappa shape index (κ3) is 5.33. The summed E-state index contributed by atoms with van der Waals surface area (Å²) >= 11 is 12.4. The Bertz CT molecular complexity index is 1650. The smallest absolute Gasteiger partial charge is 0.248 e. The van der Waals surface area contributed by atoms with Crippen LogP contribution in [0.5, 0.6) is 0 Å². The molecule has 5 nitrogen and oxygen atoms in total. The van der Waals surface area contributed by atoms with Crippen molar-refractivity contribution in [2.24, 2.45) is 0 Å². The van der Waals surface area contributed by atoms with Crippen LogP contribution in [-0.2, 0) is 4.79 Å². The zero-order valence-electron chi connectivity index (χ0n) is 20.5. The summed E-state index contributed by atoms with van der Waals surface area (Å²) in [5.74, 6) is 1.69. The van der Waals surface area contributed by atoms with E-state index in [4.69, 9.17) is 32.0 Å². The lowest BCUT2D eigenvalue weighted by Crippen LogP contribution is -2.09. The molecule has 0 unspecified atom stereocenters. The molecule has 0 fully saturated rings. The molecule has 7 heteroatoms. The predicted octanol–water partition coefficient (Wildman–Crippen LogP) is 9.15. The highest BCUT2D eigenvalue weighted by molar-refractivity contribution is 6.43. The lowest BCUT2D eigenvalue weighted by molar-refractivity contribution is -0.111. The standard InChI is InChI=1S/C30H24Cl2N2O3/c1-17(2)19-9-12-27-25(15-19)34-30(37-27)20-8-7-18(3)24(16-20)33-28(35)14-11-21-10-13-26(36-21)22-5-4-6-23(31)29(22)32/h4-17H,1-3H3,(H,33,35). The molecule has 0 bridgehead atoms. The summed E-state index contributed by atoms with van der Waals surface area (Å²) < 4.78 is 11.8. The summed E-state index contributed by atoms with van der Waals surface area (Å²) in [6.45, 7) is 6.22. The van der Waals surface area contributed by atoms with Crippen molar-refractivity contribution in [3.8, 4) is 22.8 Å². The third-order valence-electron chi connectivity index (χ3n) is 6.06. The Hall–Kier alpha value is -3.80. The topological polar surface area (TPSA) is 68.3 Å². The molecule has 37 heavy (non-hydrogen) atoms. The minimum absolute atomic E-state index is 0.293. The van der Waals surface area contributed by atoms with Crippen molar-refractivity contribution in [2.45, 2.75) is 26.7 Å². The van der Waals surface area contributed by atoms with Gasteiger partial charge in [0.1, 0.15) is 17.0 Å². The van der Waals surface area contributed by atoms with E-state index in [1.807, 2.05) is 37.3 Å². The van der Waals surface area contributed by atoms with E-state index >= 15 is 0 Å². The molecule has 0 spiro atoms. The molecule has 3 aromatic carbocycles. The maximum Gasteiger partial charge on any atom is 0.248 e. The molecular weight excluding hydrogens is 507 g/mol. The average molecular weight is 531 g/mol. The Kier molecular flexibility index (Phi) is 6.92. The fraction of sp³-hybridized carbons (Fsp3) is 0.133. The van der Waals surface area contributed by atoms with Gasteiger partial charge in [0.05, 0.1) is 10.0 Å². The van der Waals surface area contributed by atoms with Crippen molar-refractivity contribution in [1.29, 1.82) is 0 Å². The molecule has 5 rings (SSSR count). The molecule has 5 aromatic rings. The molecule has 0 atom stereocenters. The zero-order chi connectivity index (χ0) is 26.1. The van der Waals surface area contributed by atoms with Gasteiger partial charge < -0.3 is 14.2 Å². The SMILES string of the molecule is Cc1ccc(-c2nc3cc(C(C)C)ccc3o2)cc1NC(=O)C=Cc1ccc(-c2cccc(Cl)c2Cl)o1. The second-order valence-corrected chi connectivity index (χ2v) is 9.84. The van der Waals surface area contributed by atoms with Crippen LogP contribution >= 0.6 is 23.2 Å². The number of rotatable bonds is 6. The molecule has 0 saturated carbocycles. The third-order valence-corrected chi connectivity index (χ3v) is 6.88. The van der Waals surface area contributed by atoms with Crippen molar-refractivity contribution in [2.75, 3.05) is 5.32 Å². The van der Waals surface area contributed by atoms with Crippen molar-refractivity contribution in [3.63, 3.8) is 0 Å². The van der Waals surface area contributed by atoms with Crippen molar-refractivity contribution in [3.05, 3.63) is 99.7 Å². The lowest BCUT2D eigenvalue weighted by Gasteiger charge is -2.08. The first kappa shape index (κ1) is 24.9. The van der Waals surface area contributed by atoms with Crippen LogP contribution in [0, 0.1) is 6.92 Å². The van der Waals surface area contributed by atoms with Gasteiger partial charge in [0.15, 0.2) is 5.58 Å². The van der Waals surface area contributed by atoms with E-state index in [9.17, 15) is 4.79 Å². The number of hydrogen-bond acceptors (Lipinski definition) is 4. The first-order chi connectivity index (χ1) is 17.8. The Morgan fingerprint density at radius 1 is 1.00 bits per heavy atom. The number of nitrogens with zero attached hydrogens (tertiary/aromatic N) is 1. The van der Waals surface area contributed by atoms with E-state index in [0.717, 1.165) is 22.2 Å². The molecule has 0 radical (unpaired) electrons. The van der Waals surface area contributed by atoms with E-state index in [0.29, 0.717) is 44.6 Å². The van der Waals surface area contributed by atoms with Gasteiger partial charge in [-0.15, -0.1) is 0 Å². The average Bonchev–Trinajstić information content (AvgIpc) is 3.52. The second kappa shape index (κ2) is 10.3. The number of hydrogen-bond donors (Lipinski definition) is 1. The molecule has 1 N–H and O–H groups in total. The quantitative estimate of drug-likeness (QED) is 0.222. The van der Waals surface area contributed by atoms with Gasteiger partial charge in [-0.3, -0.25) is 4.79 Å². The van der Waals surface area contributed by atoms with Gasteiger partial charge in [-0.1, -0.05) is 55.2 Å². The van der Waals surface area contributed by atoms with E-state index in [1.54, 1.807) is 30.3 Å². The maximum atomic E-state index is 12.7. The fourth-order valence-electron chi connectivity index (χ4n) is 3.93. The Labute approximate surface area is 224 Å². The Morgan fingerprint density at radius 2 is 1.84 bits per heavy atom. The maximum absolute atomic E-state index is 12.7. The van der Waals surface area contributed by atoms with Gasteiger partial charge in [-0.05, 0) is 78.6 Å². The second-order valence-electron chi connectivity index (χ2n) is 9.06. The van der Waals surface area contributed by atoms with Crippen LogP contribution in [0.4, 0.5) is 5.69 Å². The van der Waals surface area contributed by atoms with E-state index in [2.05, 4.69) is 36.3 Å². The Balaban J connectivity index is 1.32. The van der Waals surface area contributed by atoms with Gasteiger partial charge in [0, 0.05) is 22.9 Å². The number of anilines is 1. The van der Waals surface area contributed by atoms with Crippen LogP contribution in [-0.4, -0.2) is 10.9 Å². The van der Waals surface area contributed by atoms with Gasteiger partial charge in [0.2, 0.25) is 11.8 Å². The fourth-order valence-corrected chi connectivity index (χ4v) is 4.32. The number of furan rings is 1. The predicted molar refractivity (Wildman–Crippen MR) is 150 cm³/mol.